The number of benzene rings is 2. The zero-order chi connectivity index (χ0) is 19.4. The lowest BCUT2D eigenvalue weighted by Crippen LogP contribution is -2.41. The van der Waals surface area contributed by atoms with Gasteiger partial charge in [0.1, 0.15) is 0 Å². The minimum atomic E-state index is -0.988. The van der Waals surface area contributed by atoms with Gasteiger partial charge in [0.05, 0.1) is 16.8 Å². The van der Waals surface area contributed by atoms with Gasteiger partial charge in [0.25, 0.3) is 0 Å². The highest BCUT2D eigenvalue weighted by atomic mass is 16.7. The Bertz CT molecular complexity index is 814. The van der Waals surface area contributed by atoms with Crippen LogP contribution in [-0.2, 0) is 9.31 Å². The minimum absolute atomic E-state index is 0.196. The van der Waals surface area contributed by atoms with Crippen molar-refractivity contribution in [2.24, 2.45) is 0 Å². The SMILES string of the molecule is CC1(C)OB(c2ccc(-c3c(O)c(O)c(O)c(O)c3O)cc2)OC1(C)C. The average molecular weight is 360 g/mol. The highest BCUT2D eigenvalue weighted by Crippen LogP contribution is 2.54. The molecule has 3 rings (SSSR count). The van der Waals surface area contributed by atoms with Gasteiger partial charge in [-0.3, -0.25) is 0 Å². The van der Waals surface area contributed by atoms with E-state index in [-0.39, 0.29) is 5.56 Å². The molecular weight excluding hydrogens is 339 g/mol. The number of hydrogen-bond donors (Lipinski definition) is 5. The zero-order valence-electron chi connectivity index (χ0n) is 14.9. The fraction of sp³-hybridized carbons (Fsp3) is 0.333. The monoisotopic (exact) mass is 360 g/mol. The van der Waals surface area contributed by atoms with E-state index < -0.39 is 47.1 Å². The van der Waals surface area contributed by atoms with Crippen LogP contribution in [0.25, 0.3) is 11.1 Å². The number of phenolic OH excluding ortho intramolecular Hbond substituents is 5. The molecule has 1 aliphatic heterocycles. The van der Waals surface area contributed by atoms with E-state index in [9.17, 15) is 25.5 Å². The van der Waals surface area contributed by atoms with Crippen LogP contribution in [0.5, 0.6) is 28.7 Å². The van der Waals surface area contributed by atoms with E-state index in [2.05, 4.69) is 0 Å². The first-order valence-electron chi connectivity index (χ1n) is 8.11. The van der Waals surface area contributed by atoms with Gasteiger partial charge in [-0.25, -0.2) is 0 Å². The summed E-state index contributed by atoms with van der Waals surface area (Å²) in [4.78, 5) is 0. The van der Waals surface area contributed by atoms with Gasteiger partial charge in [-0.05, 0) is 38.7 Å². The van der Waals surface area contributed by atoms with Crippen molar-refractivity contribution in [3.8, 4) is 39.9 Å². The molecule has 0 spiro atoms. The van der Waals surface area contributed by atoms with E-state index in [4.69, 9.17) is 9.31 Å². The van der Waals surface area contributed by atoms with Crippen LogP contribution in [0.1, 0.15) is 27.7 Å². The molecule has 0 unspecified atom stereocenters. The third-order valence-electron chi connectivity index (χ3n) is 5.10. The molecule has 2 aromatic rings. The standard InChI is InChI=1S/C18H21BO7/c1-17(2)18(3,4)26-19(25-17)10-7-5-9(6-8-10)11-12(20)14(22)16(24)15(23)13(11)21/h5-8,20-24H,1-4H3. The number of phenols is 5. The van der Waals surface area contributed by atoms with Crippen LogP contribution in [0.4, 0.5) is 0 Å². The van der Waals surface area contributed by atoms with E-state index in [0.29, 0.717) is 5.56 Å². The summed E-state index contributed by atoms with van der Waals surface area (Å²) in [7, 11) is -0.571. The molecule has 0 bridgehead atoms. The molecule has 138 valence electrons. The van der Waals surface area contributed by atoms with E-state index in [0.717, 1.165) is 5.46 Å². The maximum Gasteiger partial charge on any atom is 0.494 e. The molecule has 0 amide bonds. The Morgan fingerprint density at radius 1 is 0.654 bits per heavy atom. The van der Waals surface area contributed by atoms with Crippen LogP contribution in [0.3, 0.4) is 0 Å². The fourth-order valence-electron chi connectivity index (χ4n) is 2.74. The Morgan fingerprint density at radius 2 is 1.04 bits per heavy atom. The summed E-state index contributed by atoms with van der Waals surface area (Å²) < 4.78 is 11.9. The molecule has 1 saturated heterocycles. The first kappa shape index (κ1) is 18.2. The lowest BCUT2D eigenvalue weighted by molar-refractivity contribution is 0.00578. The molecule has 0 atom stereocenters. The molecule has 1 heterocycles. The molecule has 7 nitrogen and oxygen atoms in total. The lowest BCUT2D eigenvalue weighted by Gasteiger charge is -2.32. The normalized spacial score (nSPS) is 18.2. The maximum absolute atomic E-state index is 10.0. The van der Waals surface area contributed by atoms with Crippen molar-refractivity contribution < 1.29 is 34.8 Å². The third-order valence-corrected chi connectivity index (χ3v) is 5.10. The topological polar surface area (TPSA) is 120 Å². The maximum atomic E-state index is 10.0. The van der Waals surface area contributed by atoms with Crippen LogP contribution in [0, 0.1) is 0 Å². The highest BCUT2D eigenvalue weighted by molar-refractivity contribution is 6.62. The summed E-state index contributed by atoms with van der Waals surface area (Å²) in [6, 6.07) is 6.53. The van der Waals surface area contributed by atoms with Gasteiger partial charge >= 0.3 is 7.12 Å². The molecule has 26 heavy (non-hydrogen) atoms. The van der Waals surface area contributed by atoms with E-state index in [1.165, 1.54) is 0 Å². The second kappa shape index (κ2) is 5.72. The number of hydrogen-bond acceptors (Lipinski definition) is 7. The Labute approximate surface area is 151 Å². The Hall–Kier alpha value is -2.58. The van der Waals surface area contributed by atoms with Gasteiger partial charge in [0, 0.05) is 0 Å². The van der Waals surface area contributed by atoms with Gasteiger partial charge in [-0.2, -0.15) is 0 Å². The van der Waals surface area contributed by atoms with Gasteiger partial charge < -0.3 is 34.8 Å². The number of rotatable bonds is 2. The Kier molecular flexibility index (Phi) is 4.01. The number of aromatic hydroxyl groups is 5. The van der Waals surface area contributed by atoms with Gasteiger partial charge in [-0.1, -0.05) is 24.3 Å². The molecule has 2 aromatic carbocycles. The smallest absolute Gasteiger partial charge is 0.494 e. The summed E-state index contributed by atoms with van der Waals surface area (Å²) in [6.45, 7) is 7.78. The predicted octanol–water partition coefficient (Wildman–Crippen LogP) is 2.18. The summed E-state index contributed by atoms with van der Waals surface area (Å²) in [6.07, 6.45) is 0. The van der Waals surface area contributed by atoms with E-state index in [1.807, 2.05) is 27.7 Å². The average Bonchev–Trinajstić information content (AvgIpc) is 2.80. The lowest BCUT2D eigenvalue weighted by atomic mass is 9.78. The van der Waals surface area contributed by atoms with Crippen LogP contribution >= 0.6 is 0 Å². The van der Waals surface area contributed by atoms with Crippen LogP contribution in [-0.4, -0.2) is 43.9 Å². The molecule has 0 aliphatic carbocycles. The molecule has 1 fully saturated rings. The van der Waals surface area contributed by atoms with E-state index >= 15 is 0 Å². The molecule has 0 radical (unpaired) electrons. The first-order chi connectivity index (χ1) is 12.0. The Balaban J connectivity index is 1.98. The Morgan fingerprint density at radius 3 is 1.46 bits per heavy atom. The predicted molar refractivity (Wildman–Crippen MR) is 95.9 cm³/mol. The van der Waals surface area contributed by atoms with Crippen LogP contribution < -0.4 is 5.46 Å². The second-order valence-corrected chi connectivity index (χ2v) is 7.33. The van der Waals surface area contributed by atoms with E-state index in [1.54, 1.807) is 24.3 Å². The molecule has 0 aromatic heterocycles. The van der Waals surface area contributed by atoms with Crippen LogP contribution in [0.2, 0.25) is 0 Å². The minimum Gasteiger partial charge on any atom is -0.504 e. The zero-order valence-corrected chi connectivity index (χ0v) is 14.9. The molecule has 0 saturated carbocycles. The van der Waals surface area contributed by atoms with Crippen molar-refractivity contribution in [2.45, 2.75) is 38.9 Å². The van der Waals surface area contributed by atoms with Crippen molar-refractivity contribution in [2.75, 3.05) is 0 Å². The largest absolute Gasteiger partial charge is 0.504 e. The van der Waals surface area contributed by atoms with Gasteiger partial charge in [0.15, 0.2) is 11.5 Å². The quantitative estimate of drug-likeness (QED) is 0.316. The molecule has 8 heteroatoms. The summed E-state index contributed by atoms with van der Waals surface area (Å²) >= 11 is 0. The molecule has 1 aliphatic rings. The highest BCUT2D eigenvalue weighted by Gasteiger charge is 2.51. The summed E-state index contributed by atoms with van der Waals surface area (Å²) in [5.41, 5.74) is -0.106. The first-order valence-corrected chi connectivity index (χ1v) is 8.11. The van der Waals surface area contributed by atoms with Crippen molar-refractivity contribution in [1.29, 1.82) is 0 Å². The van der Waals surface area contributed by atoms with Gasteiger partial charge in [-0.15, -0.1) is 0 Å². The summed E-state index contributed by atoms with van der Waals surface area (Å²) in [5.74, 6) is -4.28. The third kappa shape index (κ3) is 2.62. The van der Waals surface area contributed by atoms with Gasteiger partial charge in [0.2, 0.25) is 17.2 Å². The molecular formula is C18H21BO7. The molecule has 5 N–H and O–H groups in total. The second-order valence-electron chi connectivity index (χ2n) is 7.33. The summed E-state index contributed by atoms with van der Waals surface area (Å²) in [5, 5.41) is 48.9. The van der Waals surface area contributed by atoms with Crippen molar-refractivity contribution in [1.82, 2.24) is 0 Å². The fourth-order valence-corrected chi connectivity index (χ4v) is 2.74. The van der Waals surface area contributed by atoms with Crippen LogP contribution in [0.15, 0.2) is 24.3 Å². The van der Waals surface area contributed by atoms with Crippen molar-refractivity contribution >= 4 is 12.6 Å². The van der Waals surface area contributed by atoms with Crippen molar-refractivity contribution in [3.63, 3.8) is 0 Å². The van der Waals surface area contributed by atoms with Crippen molar-refractivity contribution in [3.05, 3.63) is 24.3 Å².